The molecule has 0 saturated carbocycles. The van der Waals surface area contributed by atoms with Crippen LogP contribution in [0.2, 0.25) is 0 Å². The number of hydrogen-bond donors (Lipinski definition) is 1. The zero-order chi connectivity index (χ0) is 18.4. The normalized spacial score (nSPS) is 10.9. The lowest BCUT2D eigenvalue weighted by Gasteiger charge is -2.07. The van der Waals surface area contributed by atoms with Crippen molar-refractivity contribution in [3.05, 3.63) is 16.3 Å². The molecule has 0 saturated heterocycles. The third-order valence-electron chi connectivity index (χ3n) is 3.43. The van der Waals surface area contributed by atoms with Crippen molar-refractivity contribution in [3.8, 4) is 0 Å². The highest BCUT2D eigenvalue weighted by molar-refractivity contribution is 8.00. The van der Waals surface area contributed by atoms with Crippen LogP contribution in [-0.4, -0.2) is 54.5 Å². The van der Waals surface area contributed by atoms with Gasteiger partial charge < -0.3 is 14.8 Å². The van der Waals surface area contributed by atoms with Gasteiger partial charge in [0.05, 0.1) is 12.4 Å². The van der Waals surface area contributed by atoms with Gasteiger partial charge in [0.15, 0.2) is 6.61 Å². The second kappa shape index (κ2) is 9.12. The summed E-state index contributed by atoms with van der Waals surface area (Å²) >= 11 is 2.92. The Balaban J connectivity index is 1.92. The van der Waals surface area contributed by atoms with Crippen LogP contribution in [0.4, 0.5) is 0 Å². The van der Waals surface area contributed by atoms with Gasteiger partial charge in [-0.15, -0.1) is 11.3 Å². The summed E-state index contributed by atoms with van der Waals surface area (Å²) in [6.45, 7) is 6.41. The number of nitrogens with one attached hydrogen (secondary N) is 1. The van der Waals surface area contributed by atoms with Crippen molar-refractivity contribution in [2.24, 2.45) is 0 Å². The summed E-state index contributed by atoms with van der Waals surface area (Å²) in [5, 5.41) is 4.35. The summed E-state index contributed by atoms with van der Waals surface area (Å²) in [6.07, 6.45) is 0. The highest BCUT2D eigenvalue weighted by atomic mass is 32.2. The average Bonchev–Trinajstić information content (AvgIpc) is 2.85. The topological polar surface area (TPSA) is 90.4 Å². The first-order valence-corrected chi connectivity index (χ1v) is 9.51. The maximum absolute atomic E-state index is 11.9. The van der Waals surface area contributed by atoms with Gasteiger partial charge in [-0.1, -0.05) is 11.8 Å². The Kier molecular flexibility index (Phi) is 7.15. The molecular formula is C16H21N3O4S2. The van der Waals surface area contributed by atoms with E-state index in [-0.39, 0.29) is 18.3 Å². The molecule has 0 radical (unpaired) electrons. The van der Waals surface area contributed by atoms with Crippen LogP contribution in [0.15, 0.2) is 5.03 Å². The highest BCUT2D eigenvalue weighted by Gasteiger charge is 2.16. The van der Waals surface area contributed by atoms with Crippen LogP contribution in [0.1, 0.15) is 16.3 Å². The molecule has 1 N–H and O–H groups in total. The predicted molar refractivity (Wildman–Crippen MR) is 98.2 cm³/mol. The van der Waals surface area contributed by atoms with E-state index in [4.69, 9.17) is 9.47 Å². The monoisotopic (exact) mass is 383 g/mol. The Morgan fingerprint density at radius 2 is 2.00 bits per heavy atom. The minimum atomic E-state index is -0.457. The largest absolute Gasteiger partial charge is 0.455 e. The van der Waals surface area contributed by atoms with Crippen molar-refractivity contribution in [1.82, 2.24) is 15.3 Å². The van der Waals surface area contributed by atoms with E-state index >= 15 is 0 Å². The Hall–Kier alpha value is -1.71. The lowest BCUT2D eigenvalue weighted by atomic mass is 10.2. The van der Waals surface area contributed by atoms with E-state index in [2.05, 4.69) is 15.3 Å². The molecule has 0 spiro atoms. The summed E-state index contributed by atoms with van der Waals surface area (Å²) in [7, 11) is 1.55. The van der Waals surface area contributed by atoms with Crippen molar-refractivity contribution < 1.29 is 19.1 Å². The first-order valence-electron chi connectivity index (χ1n) is 7.70. The summed E-state index contributed by atoms with van der Waals surface area (Å²) in [4.78, 5) is 34.4. The summed E-state index contributed by atoms with van der Waals surface area (Å²) < 4.78 is 9.81. The van der Waals surface area contributed by atoms with Gasteiger partial charge in [-0.3, -0.25) is 9.59 Å². The van der Waals surface area contributed by atoms with Crippen LogP contribution in [0.5, 0.6) is 0 Å². The fourth-order valence-electron chi connectivity index (χ4n) is 2.08. The van der Waals surface area contributed by atoms with Crippen molar-refractivity contribution in [2.45, 2.75) is 25.8 Å². The second-order valence-corrected chi connectivity index (χ2v) is 7.50. The summed E-state index contributed by atoms with van der Waals surface area (Å²) in [6, 6.07) is 0. The Labute approximate surface area is 154 Å². The third-order valence-corrected chi connectivity index (χ3v) is 5.48. The number of thiophene rings is 1. The van der Waals surface area contributed by atoms with Crippen molar-refractivity contribution in [3.63, 3.8) is 0 Å². The fourth-order valence-corrected chi connectivity index (χ4v) is 4.15. The fraction of sp³-hybridized carbons (Fsp3) is 0.500. The molecule has 0 aliphatic rings. The number of nitrogens with zero attached hydrogens (tertiary/aromatic N) is 2. The van der Waals surface area contributed by atoms with E-state index in [9.17, 15) is 9.59 Å². The Bertz CT molecular complexity index is 776. The minimum Gasteiger partial charge on any atom is -0.455 e. The zero-order valence-corrected chi connectivity index (χ0v) is 16.3. The number of thioether (sulfide) groups is 1. The molecule has 9 heteroatoms. The molecule has 2 rings (SSSR count). The number of hydrogen-bond acceptors (Lipinski definition) is 8. The number of fused-ring (bicyclic) bond motifs is 1. The predicted octanol–water partition coefficient (Wildman–Crippen LogP) is 2.01. The number of amides is 1. The van der Waals surface area contributed by atoms with Gasteiger partial charge in [-0.25, -0.2) is 9.97 Å². The number of methoxy groups -OCH3 is 1. The number of ether oxygens (including phenoxy) is 2. The van der Waals surface area contributed by atoms with Gasteiger partial charge >= 0.3 is 5.97 Å². The van der Waals surface area contributed by atoms with E-state index < -0.39 is 5.97 Å². The SMILES string of the molecule is COCCNC(=O)COC(=O)CSc1nc(C)nc2sc(C)c(C)c12. The van der Waals surface area contributed by atoms with Gasteiger partial charge in [0.25, 0.3) is 5.91 Å². The van der Waals surface area contributed by atoms with Crippen molar-refractivity contribution in [1.29, 1.82) is 0 Å². The molecule has 2 aromatic rings. The van der Waals surface area contributed by atoms with Crippen LogP contribution in [0, 0.1) is 20.8 Å². The van der Waals surface area contributed by atoms with E-state index in [1.54, 1.807) is 18.4 Å². The van der Waals surface area contributed by atoms with E-state index in [1.165, 1.54) is 16.6 Å². The molecule has 2 heterocycles. The third kappa shape index (κ3) is 5.38. The van der Waals surface area contributed by atoms with Gasteiger partial charge in [-0.2, -0.15) is 0 Å². The smallest absolute Gasteiger partial charge is 0.316 e. The number of carbonyl (C=O) groups excluding carboxylic acids is 2. The van der Waals surface area contributed by atoms with Crippen molar-refractivity contribution in [2.75, 3.05) is 32.6 Å². The molecule has 2 aromatic heterocycles. The molecule has 136 valence electrons. The first-order chi connectivity index (χ1) is 11.9. The minimum absolute atomic E-state index is 0.0885. The standard InChI is InChI=1S/C16H21N3O4S2/c1-9-10(2)25-16-14(9)15(18-11(3)19-16)24-8-13(21)23-7-12(20)17-5-6-22-4/h5-8H2,1-4H3,(H,17,20). The summed E-state index contributed by atoms with van der Waals surface area (Å²) in [5.41, 5.74) is 1.13. The number of esters is 1. The lowest BCUT2D eigenvalue weighted by Crippen LogP contribution is -2.31. The van der Waals surface area contributed by atoms with Crippen LogP contribution in [0.3, 0.4) is 0 Å². The molecule has 7 nitrogen and oxygen atoms in total. The molecule has 1 amide bonds. The first kappa shape index (κ1) is 19.6. The van der Waals surface area contributed by atoms with Gasteiger partial charge in [0.1, 0.15) is 15.7 Å². The number of carbonyl (C=O) groups is 2. The number of aryl methyl sites for hydroxylation is 3. The molecule has 0 unspecified atom stereocenters. The van der Waals surface area contributed by atoms with E-state index in [0.29, 0.717) is 19.0 Å². The molecule has 25 heavy (non-hydrogen) atoms. The second-order valence-electron chi connectivity index (χ2n) is 5.33. The van der Waals surface area contributed by atoms with Crippen LogP contribution < -0.4 is 5.32 Å². The quantitative estimate of drug-likeness (QED) is 0.323. The maximum atomic E-state index is 11.9. The van der Waals surface area contributed by atoms with E-state index in [1.807, 2.05) is 20.8 Å². The van der Waals surface area contributed by atoms with E-state index in [0.717, 1.165) is 20.8 Å². The number of rotatable bonds is 8. The maximum Gasteiger partial charge on any atom is 0.316 e. The van der Waals surface area contributed by atoms with Crippen LogP contribution >= 0.6 is 23.1 Å². The van der Waals surface area contributed by atoms with Crippen molar-refractivity contribution >= 4 is 45.2 Å². The zero-order valence-electron chi connectivity index (χ0n) is 14.7. The Morgan fingerprint density at radius 3 is 2.72 bits per heavy atom. The lowest BCUT2D eigenvalue weighted by molar-refractivity contribution is -0.145. The summed E-state index contributed by atoms with van der Waals surface area (Å²) in [5.74, 6) is -0.0476. The molecule has 0 aliphatic carbocycles. The molecule has 0 fully saturated rings. The van der Waals surface area contributed by atoms with Crippen LogP contribution in [0.25, 0.3) is 10.2 Å². The van der Waals surface area contributed by atoms with Gasteiger partial charge in [0, 0.05) is 23.9 Å². The molecule has 0 atom stereocenters. The van der Waals surface area contributed by atoms with Gasteiger partial charge in [0.2, 0.25) is 0 Å². The van der Waals surface area contributed by atoms with Crippen LogP contribution in [-0.2, 0) is 19.1 Å². The average molecular weight is 383 g/mol. The number of aromatic nitrogens is 2. The Morgan fingerprint density at radius 1 is 1.24 bits per heavy atom. The molecule has 0 aliphatic heterocycles. The molecule has 0 aromatic carbocycles. The van der Waals surface area contributed by atoms with Gasteiger partial charge in [-0.05, 0) is 26.3 Å². The highest BCUT2D eigenvalue weighted by Crippen LogP contribution is 2.35. The molecular weight excluding hydrogens is 362 g/mol. The molecule has 0 bridgehead atoms.